The van der Waals surface area contributed by atoms with E-state index in [0.717, 1.165) is 36.3 Å². The Balaban J connectivity index is 1.58. The van der Waals surface area contributed by atoms with E-state index in [1.165, 1.54) is 0 Å². The van der Waals surface area contributed by atoms with Gasteiger partial charge in [-0.15, -0.1) is 0 Å². The first-order valence-corrected chi connectivity index (χ1v) is 6.64. The summed E-state index contributed by atoms with van der Waals surface area (Å²) in [6.45, 7) is 1.11. The van der Waals surface area contributed by atoms with Crippen LogP contribution in [0.4, 0.5) is 0 Å². The lowest BCUT2D eigenvalue weighted by molar-refractivity contribution is -0.0615. The summed E-state index contributed by atoms with van der Waals surface area (Å²) in [5, 5.41) is 8.76. The predicted molar refractivity (Wildman–Crippen MR) is 67.1 cm³/mol. The molecule has 1 N–H and O–H groups in total. The van der Waals surface area contributed by atoms with Gasteiger partial charge in [-0.3, -0.25) is 0 Å². The Morgan fingerprint density at radius 1 is 1.16 bits per heavy atom. The van der Waals surface area contributed by atoms with Gasteiger partial charge in [-0.25, -0.2) is 0 Å². The van der Waals surface area contributed by atoms with Crippen LogP contribution in [0.1, 0.15) is 31.1 Å². The molecule has 19 heavy (non-hydrogen) atoms. The van der Waals surface area contributed by atoms with Crippen LogP contribution in [0.25, 0.3) is 0 Å². The van der Waals surface area contributed by atoms with Crippen LogP contribution in [0.15, 0.2) is 18.2 Å². The summed E-state index contributed by atoms with van der Waals surface area (Å²) < 4.78 is 22.1. The average Bonchev–Trinajstić information content (AvgIpc) is 3.06. The zero-order valence-corrected chi connectivity index (χ0v) is 10.7. The third-order valence-corrected chi connectivity index (χ3v) is 3.35. The van der Waals surface area contributed by atoms with Crippen molar-refractivity contribution in [3.05, 3.63) is 23.8 Å². The smallest absolute Gasteiger partial charge is 0.231 e. The van der Waals surface area contributed by atoms with E-state index in [2.05, 4.69) is 0 Å². The van der Waals surface area contributed by atoms with Gasteiger partial charge in [-0.2, -0.15) is 0 Å². The molecule has 104 valence electrons. The average molecular weight is 266 g/mol. The predicted octanol–water partition coefficient (Wildman–Crippen LogP) is 1.99. The van der Waals surface area contributed by atoms with Gasteiger partial charge in [0.05, 0.1) is 12.7 Å². The van der Waals surface area contributed by atoms with E-state index in [-0.39, 0.29) is 25.8 Å². The highest BCUT2D eigenvalue weighted by Gasteiger charge is 2.28. The van der Waals surface area contributed by atoms with Crippen LogP contribution in [-0.2, 0) is 9.47 Å². The van der Waals surface area contributed by atoms with Gasteiger partial charge < -0.3 is 24.1 Å². The number of unbranched alkanes of at least 4 members (excludes halogenated alkanes) is 1. The lowest BCUT2D eigenvalue weighted by Gasteiger charge is -2.12. The number of ether oxygens (including phenoxy) is 4. The van der Waals surface area contributed by atoms with Crippen LogP contribution in [0, 0.1) is 0 Å². The Kier molecular flexibility index (Phi) is 3.87. The zero-order chi connectivity index (χ0) is 13.1. The van der Waals surface area contributed by atoms with Crippen molar-refractivity contribution in [2.24, 2.45) is 0 Å². The SMILES string of the molecule is OCCCCC1COC(c2ccc3c(c2)OCO3)O1. The molecule has 2 atom stereocenters. The minimum Gasteiger partial charge on any atom is -0.454 e. The van der Waals surface area contributed by atoms with Crippen molar-refractivity contribution < 1.29 is 24.1 Å². The van der Waals surface area contributed by atoms with E-state index >= 15 is 0 Å². The van der Waals surface area contributed by atoms with Crippen LogP contribution in [0.5, 0.6) is 11.5 Å². The summed E-state index contributed by atoms with van der Waals surface area (Å²) in [6.07, 6.45) is 2.48. The Morgan fingerprint density at radius 3 is 2.95 bits per heavy atom. The van der Waals surface area contributed by atoms with E-state index in [1.54, 1.807) is 0 Å². The third-order valence-electron chi connectivity index (χ3n) is 3.35. The molecule has 5 heteroatoms. The van der Waals surface area contributed by atoms with Gasteiger partial charge in [0, 0.05) is 12.2 Å². The first kappa shape index (κ1) is 12.7. The molecule has 2 aliphatic heterocycles. The van der Waals surface area contributed by atoms with Crippen LogP contribution < -0.4 is 9.47 Å². The second-order valence-electron chi connectivity index (χ2n) is 4.76. The number of aliphatic hydroxyl groups is 1. The van der Waals surface area contributed by atoms with Gasteiger partial charge in [-0.1, -0.05) is 0 Å². The minimum absolute atomic E-state index is 0.113. The summed E-state index contributed by atoms with van der Waals surface area (Å²) in [4.78, 5) is 0. The summed E-state index contributed by atoms with van der Waals surface area (Å²) in [5.41, 5.74) is 0.953. The molecule has 0 amide bonds. The maximum atomic E-state index is 8.76. The number of fused-ring (bicyclic) bond motifs is 1. The molecule has 5 nitrogen and oxygen atoms in total. The Morgan fingerprint density at radius 2 is 2.05 bits per heavy atom. The normalized spacial score (nSPS) is 24.9. The Hall–Kier alpha value is -1.30. The first-order chi connectivity index (χ1) is 9.36. The first-order valence-electron chi connectivity index (χ1n) is 6.64. The number of rotatable bonds is 5. The molecular formula is C14H18O5. The monoisotopic (exact) mass is 266 g/mol. The standard InChI is InChI=1S/C14H18O5/c15-6-2-1-3-11-8-16-14(19-11)10-4-5-12-13(7-10)18-9-17-12/h4-5,7,11,14-15H,1-3,6,8-9H2. The third kappa shape index (κ3) is 2.83. The van der Waals surface area contributed by atoms with Crippen molar-refractivity contribution >= 4 is 0 Å². The van der Waals surface area contributed by atoms with Gasteiger partial charge in [0.1, 0.15) is 0 Å². The second-order valence-corrected chi connectivity index (χ2v) is 4.76. The number of aliphatic hydroxyl groups excluding tert-OH is 1. The van der Waals surface area contributed by atoms with Crippen molar-refractivity contribution in [3.8, 4) is 11.5 Å². The van der Waals surface area contributed by atoms with Gasteiger partial charge >= 0.3 is 0 Å². The topological polar surface area (TPSA) is 57.2 Å². The van der Waals surface area contributed by atoms with Crippen LogP contribution >= 0.6 is 0 Å². The number of benzene rings is 1. The number of hydrogen-bond donors (Lipinski definition) is 1. The zero-order valence-electron chi connectivity index (χ0n) is 10.7. The fourth-order valence-electron chi connectivity index (χ4n) is 2.32. The van der Waals surface area contributed by atoms with Gasteiger partial charge in [0.15, 0.2) is 17.8 Å². The molecule has 2 aliphatic rings. The molecule has 1 aromatic carbocycles. The lowest BCUT2D eigenvalue weighted by Crippen LogP contribution is -2.09. The minimum atomic E-state index is -0.325. The van der Waals surface area contributed by atoms with Gasteiger partial charge in [0.25, 0.3) is 0 Å². The molecule has 2 unspecified atom stereocenters. The molecule has 0 radical (unpaired) electrons. The highest BCUT2D eigenvalue weighted by Crippen LogP contribution is 2.37. The molecule has 0 saturated carbocycles. The summed E-state index contributed by atoms with van der Waals surface area (Å²) >= 11 is 0. The quantitative estimate of drug-likeness (QED) is 0.826. The Labute approximate surface area is 112 Å². The largest absolute Gasteiger partial charge is 0.454 e. The van der Waals surface area contributed by atoms with Crippen molar-refractivity contribution in [1.82, 2.24) is 0 Å². The van der Waals surface area contributed by atoms with Crippen molar-refractivity contribution in [3.63, 3.8) is 0 Å². The number of hydrogen-bond acceptors (Lipinski definition) is 5. The summed E-state index contributed by atoms with van der Waals surface area (Å²) in [6, 6.07) is 5.72. The van der Waals surface area contributed by atoms with Crippen LogP contribution in [0.3, 0.4) is 0 Å². The Bertz CT molecular complexity index is 434. The molecular weight excluding hydrogens is 248 g/mol. The van der Waals surface area contributed by atoms with Crippen molar-refractivity contribution in [2.75, 3.05) is 20.0 Å². The lowest BCUT2D eigenvalue weighted by atomic mass is 10.1. The molecule has 1 saturated heterocycles. The van der Waals surface area contributed by atoms with Gasteiger partial charge in [0.2, 0.25) is 6.79 Å². The van der Waals surface area contributed by atoms with Gasteiger partial charge in [-0.05, 0) is 37.5 Å². The van der Waals surface area contributed by atoms with Crippen molar-refractivity contribution in [2.45, 2.75) is 31.7 Å². The fourth-order valence-corrected chi connectivity index (χ4v) is 2.32. The molecule has 0 aliphatic carbocycles. The van der Waals surface area contributed by atoms with E-state index in [1.807, 2.05) is 18.2 Å². The molecule has 0 spiro atoms. The summed E-state index contributed by atoms with van der Waals surface area (Å²) in [5.74, 6) is 1.51. The van der Waals surface area contributed by atoms with E-state index < -0.39 is 0 Å². The second kappa shape index (κ2) is 5.77. The molecule has 2 heterocycles. The van der Waals surface area contributed by atoms with E-state index in [9.17, 15) is 0 Å². The van der Waals surface area contributed by atoms with Crippen LogP contribution in [-0.4, -0.2) is 31.2 Å². The van der Waals surface area contributed by atoms with Crippen molar-refractivity contribution in [1.29, 1.82) is 0 Å². The van der Waals surface area contributed by atoms with E-state index in [4.69, 9.17) is 24.1 Å². The fraction of sp³-hybridized carbons (Fsp3) is 0.571. The highest BCUT2D eigenvalue weighted by atomic mass is 16.7. The van der Waals surface area contributed by atoms with E-state index in [0.29, 0.717) is 6.61 Å². The molecule has 1 aromatic rings. The highest BCUT2D eigenvalue weighted by molar-refractivity contribution is 5.44. The molecule has 0 aromatic heterocycles. The maximum absolute atomic E-state index is 8.76. The maximum Gasteiger partial charge on any atom is 0.231 e. The molecule has 1 fully saturated rings. The summed E-state index contributed by atoms with van der Waals surface area (Å²) in [7, 11) is 0. The molecule has 3 rings (SSSR count). The molecule has 0 bridgehead atoms. The van der Waals surface area contributed by atoms with Crippen LogP contribution in [0.2, 0.25) is 0 Å².